The summed E-state index contributed by atoms with van der Waals surface area (Å²) in [7, 11) is 0. The van der Waals surface area contributed by atoms with Crippen molar-refractivity contribution in [3.63, 3.8) is 0 Å². The van der Waals surface area contributed by atoms with Gasteiger partial charge in [0, 0.05) is 12.8 Å². The van der Waals surface area contributed by atoms with Crippen LogP contribution in [0, 0.1) is 0 Å². The second-order valence-corrected chi connectivity index (χ2v) is 3.43. The number of carbonyl (C=O) groups is 1. The Bertz CT molecular complexity index is 146. The molecule has 0 aliphatic heterocycles. The van der Waals surface area contributed by atoms with Crippen molar-refractivity contribution < 1.29 is 13.9 Å². The first-order chi connectivity index (χ1) is 4.47. The zero-order chi connectivity index (χ0) is 7.83. The van der Waals surface area contributed by atoms with Gasteiger partial charge in [-0.1, -0.05) is 0 Å². The predicted molar refractivity (Wildman–Crippen MR) is 34.3 cm³/mol. The average molecular weight is 146 g/mol. The molecule has 0 saturated heterocycles. The number of carbonyl (C=O) groups excluding carboxylic acids is 1. The molecule has 0 aromatic heterocycles. The van der Waals surface area contributed by atoms with E-state index >= 15 is 0 Å². The Morgan fingerprint density at radius 1 is 1.50 bits per heavy atom. The Labute approximate surface area is 59.4 Å². The largest absolute Gasteiger partial charge is 0.461 e. The zero-order valence-corrected chi connectivity index (χ0v) is 6.19. The van der Waals surface area contributed by atoms with Crippen molar-refractivity contribution in [2.45, 2.75) is 38.0 Å². The third-order valence-electron chi connectivity index (χ3n) is 1.82. The van der Waals surface area contributed by atoms with E-state index in [9.17, 15) is 9.18 Å². The van der Waals surface area contributed by atoms with E-state index in [0.29, 0.717) is 19.3 Å². The van der Waals surface area contributed by atoms with Crippen LogP contribution in [0.5, 0.6) is 0 Å². The lowest BCUT2D eigenvalue weighted by Gasteiger charge is -2.45. The van der Waals surface area contributed by atoms with E-state index in [2.05, 4.69) is 4.74 Å². The number of alkyl halides is 1. The number of hydrogen-bond donors (Lipinski definition) is 0. The molecule has 0 aromatic rings. The molecule has 1 fully saturated rings. The maximum atomic E-state index is 12.8. The molecule has 0 bridgehead atoms. The third kappa shape index (κ3) is 1.28. The van der Waals surface area contributed by atoms with Crippen molar-refractivity contribution in [1.82, 2.24) is 0 Å². The lowest BCUT2D eigenvalue weighted by atomic mass is 9.71. The van der Waals surface area contributed by atoms with Crippen LogP contribution in [-0.4, -0.2) is 17.7 Å². The molecule has 0 unspecified atom stereocenters. The van der Waals surface area contributed by atoms with Crippen LogP contribution in [0.1, 0.15) is 26.7 Å². The molecule has 0 atom stereocenters. The van der Waals surface area contributed by atoms with Crippen molar-refractivity contribution in [1.29, 1.82) is 0 Å². The summed E-state index contributed by atoms with van der Waals surface area (Å²) < 4.78 is 17.5. The maximum absolute atomic E-state index is 12.8. The first-order valence-corrected chi connectivity index (χ1v) is 3.28. The van der Waals surface area contributed by atoms with Gasteiger partial charge in [-0.2, -0.15) is 0 Å². The molecule has 58 valence electrons. The van der Waals surface area contributed by atoms with Gasteiger partial charge in [0.25, 0.3) is 6.47 Å². The van der Waals surface area contributed by atoms with Crippen molar-refractivity contribution in [2.24, 2.45) is 0 Å². The van der Waals surface area contributed by atoms with Crippen LogP contribution in [0.15, 0.2) is 0 Å². The molecule has 0 spiro atoms. The van der Waals surface area contributed by atoms with E-state index in [-0.39, 0.29) is 0 Å². The number of halogens is 1. The van der Waals surface area contributed by atoms with Crippen molar-refractivity contribution in [2.75, 3.05) is 0 Å². The van der Waals surface area contributed by atoms with Gasteiger partial charge in [-0.25, -0.2) is 4.39 Å². The SMILES string of the molecule is CC1(F)CC(C)(OC=O)C1. The molecule has 1 rings (SSSR count). The summed E-state index contributed by atoms with van der Waals surface area (Å²) in [5, 5.41) is 0. The molecule has 0 aromatic carbocycles. The Morgan fingerprint density at radius 2 is 2.00 bits per heavy atom. The minimum Gasteiger partial charge on any atom is -0.461 e. The topological polar surface area (TPSA) is 26.3 Å². The Morgan fingerprint density at radius 3 is 2.30 bits per heavy atom. The Hall–Kier alpha value is -0.600. The third-order valence-corrected chi connectivity index (χ3v) is 1.82. The minimum absolute atomic E-state index is 0.318. The molecule has 1 aliphatic carbocycles. The van der Waals surface area contributed by atoms with Gasteiger partial charge in [0.1, 0.15) is 11.3 Å². The van der Waals surface area contributed by atoms with Gasteiger partial charge in [0.15, 0.2) is 0 Å². The molecule has 0 heterocycles. The standard InChI is InChI=1S/C7H11FO2/c1-6(8)3-7(2,4-6)10-5-9/h5H,3-4H2,1-2H3. The molecule has 1 aliphatic rings. The molecule has 1 saturated carbocycles. The maximum Gasteiger partial charge on any atom is 0.293 e. The first kappa shape index (κ1) is 7.51. The molecule has 0 radical (unpaired) electrons. The van der Waals surface area contributed by atoms with Gasteiger partial charge in [0.2, 0.25) is 0 Å². The fourth-order valence-corrected chi connectivity index (χ4v) is 1.71. The Balaban J connectivity index is 2.41. The Kier molecular flexibility index (Phi) is 1.46. The summed E-state index contributed by atoms with van der Waals surface area (Å²) in [6.07, 6.45) is 0.636. The van der Waals surface area contributed by atoms with Crippen molar-refractivity contribution >= 4 is 6.47 Å². The van der Waals surface area contributed by atoms with Crippen LogP contribution in [0.2, 0.25) is 0 Å². The fraction of sp³-hybridized carbons (Fsp3) is 0.857. The monoisotopic (exact) mass is 146 g/mol. The second kappa shape index (κ2) is 1.94. The number of ether oxygens (including phenoxy) is 1. The van der Waals surface area contributed by atoms with E-state index in [1.165, 1.54) is 6.92 Å². The molecular formula is C7H11FO2. The quantitative estimate of drug-likeness (QED) is 0.551. The highest BCUT2D eigenvalue weighted by molar-refractivity contribution is 5.39. The van der Waals surface area contributed by atoms with Crippen LogP contribution >= 0.6 is 0 Å². The minimum atomic E-state index is -1.13. The molecule has 0 amide bonds. The van der Waals surface area contributed by atoms with Crippen LogP contribution < -0.4 is 0 Å². The van der Waals surface area contributed by atoms with E-state index < -0.39 is 11.3 Å². The summed E-state index contributed by atoms with van der Waals surface area (Å²) in [4.78, 5) is 9.88. The van der Waals surface area contributed by atoms with Crippen molar-refractivity contribution in [3.8, 4) is 0 Å². The van der Waals surface area contributed by atoms with Crippen LogP contribution in [0.4, 0.5) is 4.39 Å². The van der Waals surface area contributed by atoms with Gasteiger partial charge >= 0.3 is 0 Å². The van der Waals surface area contributed by atoms with Crippen molar-refractivity contribution in [3.05, 3.63) is 0 Å². The smallest absolute Gasteiger partial charge is 0.293 e. The zero-order valence-electron chi connectivity index (χ0n) is 6.19. The summed E-state index contributed by atoms with van der Waals surface area (Å²) >= 11 is 0. The van der Waals surface area contributed by atoms with Gasteiger partial charge in [0.05, 0.1) is 0 Å². The first-order valence-electron chi connectivity index (χ1n) is 3.28. The number of hydrogen-bond acceptors (Lipinski definition) is 2. The molecule has 0 N–H and O–H groups in total. The van der Waals surface area contributed by atoms with Gasteiger partial charge in [-0.15, -0.1) is 0 Å². The molecule has 3 heteroatoms. The summed E-state index contributed by atoms with van der Waals surface area (Å²) in [5.74, 6) is 0. The molecule has 10 heavy (non-hydrogen) atoms. The highest BCUT2D eigenvalue weighted by atomic mass is 19.1. The summed E-state index contributed by atoms with van der Waals surface area (Å²) in [5.41, 5.74) is -1.66. The number of rotatable bonds is 2. The van der Waals surface area contributed by atoms with Gasteiger partial charge < -0.3 is 4.74 Å². The summed E-state index contributed by atoms with van der Waals surface area (Å²) in [6.45, 7) is 3.64. The van der Waals surface area contributed by atoms with E-state index in [0.717, 1.165) is 0 Å². The fourth-order valence-electron chi connectivity index (χ4n) is 1.71. The summed E-state index contributed by atoms with van der Waals surface area (Å²) in [6, 6.07) is 0. The van der Waals surface area contributed by atoms with Crippen LogP contribution in [-0.2, 0) is 9.53 Å². The van der Waals surface area contributed by atoms with E-state index in [1.54, 1.807) is 6.92 Å². The van der Waals surface area contributed by atoms with E-state index in [1.807, 2.05) is 0 Å². The normalized spacial score (nSPS) is 45.9. The predicted octanol–water partition coefficient (Wildman–Crippen LogP) is 1.44. The second-order valence-electron chi connectivity index (χ2n) is 3.43. The highest BCUT2D eigenvalue weighted by Crippen LogP contribution is 2.45. The lowest BCUT2D eigenvalue weighted by Crippen LogP contribution is -2.51. The van der Waals surface area contributed by atoms with Crippen LogP contribution in [0.3, 0.4) is 0 Å². The van der Waals surface area contributed by atoms with Gasteiger partial charge in [-0.05, 0) is 13.8 Å². The molecule has 2 nitrogen and oxygen atoms in total. The van der Waals surface area contributed by atoms with E-state index in [4.69, 9.17) is 0 Å². The molecular weight excluding hydrogens is 135 g/mol. The average Bonchev–Trinajstić information content (AvgIpc) is 1.58. The van der Waals surface area contributed by atoms with Gasteiger partial charge in [-0.3, -0.25) is 4.79 Å². The van der Waals surface area contributed by atoms with Crippen LogP contribution in [0.25, 0.3) is 0 Å². The highest BCUT2D eigenvalue weighted by Gasteiger charge is 2.51. The lowest BCUT2D eigenvalue weighted by molar-refractivity contribution is -0.170.